The molecule has 1 amide bonds. The van der Waals surface area contributed by atoms with E-state index >= 15 is 0 Å². The zero-order valence-corrected chi connectivity index (χ0v) is 15.3. The number of carbonyl (C=O) groups excluding carboxylic acids is 1. The van der Waals surface area contributed by atoms with Crippen LogP contribution in [-0.4, -0.2) is 45.4 Å². The third-order valence-electron chi connectivity index (χ3n) is 3.33. The zero-order chi connectivity index (χ0) is 18.7. The molecule has 0 spiro atoms. The van der Waals surface area contributed by atoms with Crippen LogP contribution in [0.3, 0.4) is 0 Å². The van der Waals surface area contributed by atoms with Crippen LogP contribution < -0.4 is 0 Å². The molecule has 1 unspecified atom stereocenters. The minimum Gasteiger partial charge on any atom is -0.479 e. The number of carboxylic acid groups (broad SMARTS) is 1. The second-order valence-electron chi connectivity index (χ2n) is 6.87. The van der Waals surface area contributed by atoms with Crippen LogP contribution >= 0.6 is 11.6 Å². The molecule has 0 aromatic heterocycles. The number of aliphatic hydroxyl groups is 1. The largest absolute Gasteiger partial charge is 0.479 e. The second-order valence-corrected chi connectivity index (χ2v) is 7.31. The number of ether oxygens (including phenoxy) is 1. The van der Waals surface area contributed by atoms with Crippen LogP contribution in [0.15, 0.2) is 24.3 Å². The highest BCUT2D eigenvalue weighted by Crippen LogP contribution is 2.26. The molecule has 0 fully saturated rings. The number of hydrogen-bond acceptors (Lipinski definition) is 4. The summed E-state index contributed by atoms with van der Waals surface area (Å²) in [4.78, 5) is 25.3. The number of rotatable bonds is 5. The van der Waals surface area contributed by atoms with Gasteiger partial charge in [0.05, 0.1) is 6.54 Å². The molecule has 7 heteroatoms. The van der Waals surface area contributed by atoms with Crippen molar-refractivity contribution in [1.29, 1.82) is 0 Å². The van der Waals surface area contributed by atoms with Crippen LogP contribution in [-0.2, 0) is 15.1 Å². The summed E-state index contributed by atoms with van der Waals surface area (Å²) in [5.74, 6) is -1.46. The first-order valence-corrected chi connectivity index (χ1v) is 7.96. The smallest absolute Gasteiger partial charge is 0.410 e. The molecule has 6 nitrogen and oxygen atoms in total. The molecule has 0 heterocycles. The lowest BCUT2D eigenvalue weighted by molar-refractivity contribution is -0.162. The van der Waals surface area contributed by atoms with Gasteiger partial charge in [-0.05, 0) is 52.3 Å². The van der Waals surface area contributed by atoms with Gasteiger partial charge in [0.15, 0.2) is 0 Å². The van der Waals surface area contributed by atoms with Crippen molar-refractivity contribution in [2.75, 3.05) is 6.54 Å². The molecule has 1 aromatic rings. The molecule has 134 valence electrons. The van der Waals surface area contributed by atoms with Crippen LogP contribution in [0, 0.1) is 0 Å². The predicted molar refractivity (Wildman–Crippen MR) is 91.1 cm³/mol. The maximum Gasteiger partial charge on any atom is 0.410 e. The van der Waals surface area contributed by atoms with Gasteiger partial charge in [0.25, 0.3) is 0 Å². The molecule has 1 rings (SSSR count). The Bertz CT molecular complexity index is 594. The molecule has 0 saturated heterocycles. The Kier molecular flexibility index (Phi) is 6.25. The van der Waals surface area contributed by atoms with Crippen LogP contribution in [0.2, 0.25) is 5.02 Å². The highest BCUT2D eigenvalue weighted by atomic mass is 35.5. The molecule has 0 aliphatic rings. The summed E-state index contributed by atoms with van der Waals surface area (Å²) in [6.45, 7) is 8.13. The Hall–Kier alpha value is -1.79. The average Bonchev–Trinajstić information content (AvgIpc) is 2.42. The first kappa shape index (κ1) is 20.3. The van der Waals surface area contributed by atoms with Gasteiger partial charge in [0.1, 0.15) is 5.60 Å². The van der Waals surface area contributed by atoms with Crippen molar-refractivity contribution in [3.8, 4) is 0 Å². The van der Waals surface area contributed by atoms with Crippen LogP contribution in [0.1, 0.15) is 40.2 Å². The van der Waals surface area contributed by atoms with E-state index in [0.29, 0.717) is 5.02 Å². The standard InChI is InChI=1S/C17H24ClNO5/c1-11(2)19(15(22)24-16(3,4)5)10-17(23,14(20)21)12-6-8-13(18)9-7-12/h6-9,11,23H,10H2,1-5H3,(H,20,21). The van der Waals surface area contributed by atoms with Gasteiger partial charge >= 0.3 is 12.1 Å². The molecular formula is C17H24ClNO5. The number of amides is 1. The summed E-state index contributed by atoms with van der Waals surface area (Å²) in [5, 5.41) is 20.7. The lowest BCUT2D eigenvalue weighted by Gasteiger charge is -2.35. The molecule has 0 radical (unpaired) electrons. The fourth-order valence-electron chi connectivity index (χ4n) is 2.03. The predicted octanol–water partition coefficient (Wildman–Crippen LogP) is 3.26. The van der Waals surface area contributed by atoms with Crippen molar-refractivity contribution >= 4 is 23.7 Å². The second kappa shape index (κ2) is 7.40. The summed E-state index contributed by atoms with van der Waals surface area (Å²) in [6.07, 6.45) is -0.689. The lowest BCUT2D eigenvalue weighted by Crippen LogP contribution is -2.52. The maximum absolute atomic E-state index is 12.4. The highest BCUT2D eigenvalue weighted by Gasteiger charge is 2.42. The summed E-state index contributed by atoms with van der Waals surface area (Å²) in [7, 11) is 0. The van der Waals surface area contributed by atoms with E-state index in [1.54, 1.807) is 34.6 Å². The molecular weight excluding hydrogens is 334 g/mol. The Morgan fingerprint density at radius 1 is 1.21 bits per heavy atom. The van der Waals surface area contributed by atoms with E-state index in [1.165, 1.54) is 29.2 Å². The number of nitrogens with zero attached hydrogens (tertiary/aromatic N) is 1. The van der Waals surface area contributed by atoms with Crippen LogP contribution in [0.5, 0.6) is 0 Å². The molecule has 2 N–H and O–H groups in total. The number of carboxylic acids is 1. The van der Waals surface area contributed by atoms with E-state index in [-0.39, 0.29) is 11.6 Å². The highest BCUT2D eigenvalue weighted by molar-refractivity contribution is 6.30. The van der Waals surface area contributed by atoms with Gasteiger partial charge in [0, 0.05) is 11.1 Å². The normalized spacial score (nSPS) is 14.2. The Morgan fingerprint density at radius 2 is 1.71 bits per heavy atom. The van der Waals surface area contributed by atoms with Gasteiger partial charge in [-0.25, -0.2) is 9.59 Å². The molecule has 1 atom stereocenters. The molecule has 0 aliphatic heterocycles. The summed E-state index contributed by atoms with van der Waals surface area (Å²) in [5.41, 5.74) is -2.87. The van der Waals surface area contributed by atoms with Crippen molar-refractivity contribution in [3.05, 3.63) is 34.9 Å². The Balaban J connectivity index is 3.17. The van der Waals surface area contributed by atoms with Crippen molar-refractivity contribution in [2.24, 2.45) is 0 Å². The minimum atomic E-state index is -2.27. The molecule has 1 aromatic carbocycles. The van der Waals surface area contributed by atoms with Gasteiger partial charge in [-0.3, -0.25) is 0 Å². The monoisotopic (exact) mass is 357 g/mol. The zero-order valence-electron chi connectivity index (χ0n) is 14.5. The summed E-state index contributed by atoms with van der Waals surface area (Å²) >= 11 is 5.81. The van der Waals surface area contributed by atoms with E-state index in [1.807, 2.05) is 0 Å². The van der Waals surface area contributed by atoms with Crippen molar-refractivity contribution in [2.45, 2.75) is 51.9 Å². The van der Waals surface area contributed by atoms with E-state index in [4.69, 9.17) is 16.3 Å². The molecule has 0 saturated carbocycles. The third kappa shape index (κ3) is 5.11. The fraction of sp³-hybridized carbons (Fsp3) is 0.529. The quantitative estimate of drug-likeness (QED) is 0.844. The SMILES string of the molecule is CC(C)N(CC(O)(C(=O)O)c1ccc(Cl)cc1)C(=O)OC(C)(C)C. The number of halogens is 1. The van der Waals surface area contributed by atoms with E-state index in [0.717, 1.165) is 0 Å². The summed E-state index contributed by atoms with van der Waals surface area (Å²) < 4.78 is 5.30. The lowest BCUT2D eigenvalue weighted by atomic mass is 9.93. The molecule has 0 bridgehead atoms. The van der Waals surface area contributed by atoms with Crippen molar-refractivity contribution < 1.29 is 24.5 Å². The number of carbonyl (C=O) groups is 2. The van der Waals surface area contributed by atoms with Gasteiger partial charge in [-0.1, -0.05) is 23.7 Å². The van der Waals surface area contributed by atoms with E-state index < -0.39 is 29.8 Å². The first-order chi connectivity index (χ1) is 10.9. The maximum atomic E-state index is 12.4. The molecule has 0 aliphatic carbocycles. The van der Waals surface area contributed by atoms with Gasteiger partial charge in [-0.2, -0.15) is 0 Å². The average molecular weight is 358 g/mol. The Morgan fingerprint density at radius 3 is 2.08 bits per heavy atom. The number of aliphatic carboxylic acids is 1. The van der Waals surface area contributed by atoms with Gasteiger partial charge in [0.2, 0.25) is 5.60 Å². The minimum absolute atomic E-state index is 0.133. The fourth-order valence-corrected chi connectivity index (χ4v) is 2.16. The van der Waals surface area contributed by atoms with Crippen LogP contribution in [0.25, 0.3) is 0 Å². The van der Waals surface area contributed by atoms with Crippen molar-refractivity contribution in [3.63, 3.8) is 0 Å². The first-order valence-electron chi connectivity index (χ1n) is 7.58. The van der Waals surface area contributed by atoms with Crippen LogP contribution in [0.4, 0.5) is 4.79 Å². The van der Waals surface area contributed by atoms with Crippen molar-refractivity contribution in [1.82, 2.24) is 4.90 Å². The molecule has 24 heavy (non-hydrogen) atoms. The summed E-state index contributed by atoms with van der Waals surface area (Å²) in [6, 6.07) is 5.45. The van der Waals surface area contributed by atoms with E-state index in [9.17, 15) is 19.8 Å². The topological polar surface area (TPSA) is 87.1 Å². The van der Waals surface area contributed by atoms with Gasteiger partial charge < -0.3 is 19.8 Å². The number of benzene rings is 1. The number of hydrogen-bond donors (Lipinski definition) is 2. The van der Waals surface area contributed by atoms with Gasteiger partial charge in [-0.15, -0.1) is 0 Å². The Labute approximate surface area is 147 Å². The third-order valence-corrected chi connectivity index (χ3v) is 3.58. The van der Waals surface area contributed by atoms with E-state index in [2.05, 4.69) is 0 Å².